The summed E-state index contributed by atoms with van der Waals surface area (Å²) in [7, 11) is 0. The maximum atomic E-state index is 3.83. The number of hydrogen-bond donors (Lipinski definition) is 1. The van der Waals surface area contributed by atoms with Crippen LogP contribution in [0.25, 0.3) is 0 Å². The van der Waals surface area contributed by atoms with Crippen molar-refractivity contribution in [3.8, 4) is 0 Å². The number of nitrogens with zero attached hydrogens (tertiary/aromatic N) is 1. The molecule has 0 aromatic heterocycles. The van der Waals surface area contributed by atoms with Crippen molar-refractivity contribution in [3.63, 3.8) is 0 Å². The highest BCUT2D eigenvalue weighted by atomic mass is 15.2. The molecule has 2 nitrogen and oxygen atoms in total. The van der Waals surface area contributed by atoms with E-state index in [4.69, 9.17) is 0 Å². The lowest BCUT2D eigenvalue weighted by Gasteiger charge is -2.38. The number of rotatable bonds is 5. The molecular weight excluding hydrogens is 256 g/mol. The lowest BCUT2D eigenvalue weighted by Crippen LogP contribution is -2.45. The van der Waals surface area contributed by atoms with Crippen LogP contribution in [0.2, 0.25) is 0 Å². The van der Waals surface area contributed by atoms with E-state index in [0.717, 1.165) is 23.8 Å². The maximum absolute atomic E-state index is 3.83. The monoisotopic (exact) mass is 294 g/mol. The van der Waals surface area contributed by atoms with Crippen LogP contribution in [0, 0.1) is 23.2 Å². The summed E-state index contributed by atoms with van der Waals surface area (Å²) in [6.45, 7) is 17.1. The van der Waals surface area contributed by atoms with E-state index in [1.165, 1.54) is 58.3 Å². The molecule has 0 bridgehead atoms. The van der Waals surface area contributed by atoms with Crippen molar-refractivity contribution in [2.75, 3.05) is 26.2 Å². The number of hydrogen-bond acceptors (Lipinski definition) is 2. The molecule has 1 aliphatic heterocycles. The molecule has 21 heavy (non-hydrogen) atoms. The highest BCUT2D eigenvalue weighted by Crippen LogP contribution is 2.36. The molecule has 124 valence electrons. The lowest BCUT2D eigenvalue weighted by molar-refractivity contribution is 0.149. The first-order chi connectivity index (χ1) is 9.90. The van der Waals surface area contributed by atoms with Gasteiger partial charge in [0.25, 0.3) is 0 Å². The average Bonchev–Trinajstić information content (AvgIpc) is 2.86. The summed E-state index contributed by atoms with van der Waals surface area (Å²) >= 11 is 0. The van der Waals surface area contributed by atoms with Crippen LogP contribution in [0.1, 0.15) is 66.7 Å². The SMILES string of the molecule is CCCNC1CCC(C)CC1CN1CCC(C(C)(C)C)C1. The van der Waals surface area contributed by atoms with Gasteiger partial charge in [-0.05, 0) is 68.4 Å². The lowest BCUT2D eigenvalue weighted by atomic mass is 9.78. The molecule has 1 saturated heterocycles. The van der Waals surface area contributed by atoms with Crippen molar-refractivity contribution in [1.82, 2.24) is 10.2 Å². The minimum absolute atomic E-state index is 0.481. The van der Waals surface area contributed by atoms with Crippen molar-refractivity contribution in [2.45, 2.75) is 72.8 Å². The quantitative estimate of drug-likeness (QED) is 0.819. The Morgan fingerprint density at radius 1 is 1.14 bits per heavy atom. The van der Waals surface area contributed by atoms with Crippen molar-refractivity contribution in [2.24, 2.45) is 23.2 Å². The van der Waals surface area contributed by atoms with Crippen LogP contribution in [0.5, 0.6) is 0 Å². The predicted molar refractivity (Wildman–Crippen MR) is 92.6 cm³/mol. The van der Waals surface area contributed by atoms with Crippen molar-refractivity contribution < 1.29 is 0 Å². The maximum Gasteiger partial charge on any atom is 0.0108 e. The van der Waals surface area contributed by atoms with E-state index in [0.29, 0.717) is 5.41 Å². The molecule has 4 atom stereocenters. The number of likely N-dealkylation sites (tertiary alicyclic amines) is 1. The molecular formula is C19H38N2. The standard InChI is InChI=1S/C19H38N2/c1-6-10-20-18-8-7-15(2)12-16(18)13-21-11-9-17(14-21)19(3,4)5/h15-18,20H,6-14H2,1-5H3. The van der Waals surface area contributed by atoms with Crippen LogP contribution in [0.4, 0.5) is 0 Å². The van der Waals surface area contributed by atoms with Crippen LogP contribution >= 0.6 is 0 Å². The van der Waals surface area contributed by atoms with Crippen LogP contribution in [0.3, 0.4) is 0 Å². The third-order valence-corrected chi connectivity index (χ3v) is 5.89. The van der Waals surface area contributed by atoms with Gasteiger partial charge in [0.15, 0.2) is 0 Å². The normalized spacial score (nSPS) is 35.3. The number of nitrogens with one attached hydrogen (secondary N) is 1. The molecule has 2 rings (SSSR count). The fourth-order valence-electron chi connectivity index (χ4n) is 4.34. The molecule has 0 aromatic rings. The Morgan fingerprint density at radius 3 is 2.52 bits per heavy atom. The average molecular weight is 295 g/mol. The van der Waals surface area contributed by atoms with Gasteiger partial charge in [0.2, 0.25) is 0 Å². The van der Waals surface area contributed by atoms with E-state index in [1.807, 2.05) is 0 Å². The minimum Gasteiger partial charge on any atom is -0.314 e. The van der Waals surface area contributed by atoms with Gasteiger partial charge < -0.3 is 10.2 Å². The molecule has 0 aromatic carbocycles. The summed E-state index contributed by atoms with van der Waals surface area (Å²) in [4.78, 5) is 2.76. The smallest absolute Gasteiger partial charge is 0.0108 e. The van der Waals surface area contributed by atoms with E-state index in [9.17, 15) is 0 Å². The van der Waals surface area contributed by atoms with E-state index in [-0.39, 0.29) is 0 Å². The van der Waals surface area contributed by atoms with E-state index < -0.39 is 0 Å². The largest absolute Gasteiger partial charge is 0.314 e. The molecule has 1 N–H and O–H groups in total. The van der Waals surface area contributed by atoms with Gasteiger partial charge in [0.05, 0.1) is 0 Å². The summed E-state index contributed by atoms with van der Waals surface area (Å²) < 4.78 is 0. The zero-order chi connectivity index (χ0) is 15.5. The van der Waals surface area contributed by atoms with Gasteiger partial charge in [-0.15, -0.1) is 0 Å². The Balaban J connectivity index is 1.87. The van der Waals surface area contributed by atoms with Crippen LogP contribution < -0.4 is 5.32 Å². The van der Waals surface area contributed by atoms with E-state index in [1.54, 1.807) is 0 Å². The topological polar surface area (TPSA) is 15.3 Å². The van der Waals surface area contributed by atoms with Gasteiger partial charge in [0, 0.05) is 19.1 Å². The molecule has 2 aliphatic rings. The Kier molecular flexibility index (Phi) is 6.14. The zero-order valence-corrected chi connectivity index (χ0v) is 15.1. The van der Waals surface area contributed by atoms with Crippen LogP contribution in [-0.4, -0.2) is 37.1 Å². The molecule has 1 heterocycles. The van der Waals surface area contributed by atoms with Gasteiger partial charge >= 0.3 is 0 Å². The first kappa shape index (κ1) is 17.3. The Labute approximate surface area is 133 Å². The summed E-state index contributed by atoms with van der Waals surface area (Å²) in [5, 5.41) is 3.83. The summed E-state index contributed by atoms with van der Waals surface area (Å²) in [6.07, 6.45) is 6.90. The summed E-state index contributed by atoms with van der Waals surface area (Å²) in [6, 6.07) is 0.773. The Bertz CT molecular complexity index is 305. The third-order valence-electron chi connectivity index (χ3n) is 5.89. The van der Waals surface area contributed by atoms with Crippen LogP contribution in [-0.2, 0) is 0 Å². The fraction of sp³-hybridized carbons (Fsp3) is 1.00. The third kappa shape index (κ3) is 4.96. The van der Waals surface area contributed by atoms with Crippen LogP contribution in [0.15, 0.2) is 0 Å². The van der Waals surface area contributed by atoms with Gasteiger partial charge in [-0.25, -0.2) is 0 Å². The van der Waals surface area contributed by atoms with Crippen molar-refractivity contribution in [3.05, 3.63) is 0 Å². The molecule has 1 aliphatic carbocycles. The second kappa shape index (κ2) is 7.46. The highest BCUT2D eigenvalue weighted by molar-refractivity contribution is 4.89. The van der Waals surface area contributed by atoms with Gasteiger partial charge in [-0.1, -0.05) is 34.6 Å². The molecule has 0 spiro atoms. The predicted octanol–water partition coefficient (Wildman–Crippen LogP) is 4.16. The second-order valence-electron chi connectivity index (χ2n) is 8.85. The molecule has 1 saturated carbocycles. The van der Waals surface area contributed by atoms with Gasteiger partial charge in [0.1, 0.15) is 0 Å². The van der Waals surface area contributed by atoms with Crippen molar-refractivity contribution >= 4 is 0 Å². The van der Waals surface area contributed by atoms with Gasteiger partial charge in [-0.2, -0.15) is 0 Å². The molecule has 2 heteroatoms. The highest BCUT2D eigenvalue weighted by Gasteiger charge is 2.35. The molecule has 0 radical (unpaired) electrons. The zero-order valence-electron chi connectivity index (χ0n) is 15.1. The van der Waals surface area contributed by atoms with Crippen molar-refractivity contribution in [1.29, 1.82) is 0 Å². The van der Waals surface area contributed by atoms with Gasteiger partial charge in [-0.3, -0.25) is 0 Å². The van der Waals surface area contributed by atoms with E-state index >= 15 is 0 Å². The minimum atomic E-state index is 0.481. The second-order valence-corrected chi connectivity index (χ2v) is 8.85. The van der Waals surface area contributed by atoms with E-state index in [2.05, 4.69) is 44.8 Å². The molecule has 0 amide bonds. The Morgan fingerprint density at radius 2 is 1.90 bits per heavy atom. The summed E-state index contributed by atoms with van der Waals surface area (Å²) in [5.74, 6) is 2.69. The fourth-order valence-corrected chi connectivity index (χ4v) is 4.34. The first-order valence-electron chi connectivity index (χ1n) is 9.36. The molecule has 4 unspecified atom stereocenters. The Hall–Kier alpha value is -0.0800. The summed E-state index contributed by atoms with van der Waals surface area (Å²) in [5.41, 5.74) is 0.481. The first-order valence-corrected chi connectivity index (χ1v) is 9.36. The molecule has 2 fully saturated rings.